The second-order valence-corrected chi connectivity index (χ2v) is 3.81. The zero-order valence-electron chi connectivity index (χ0n) is 10.2. The van der Waals surface area contributed by atoms with Crippen LogP contribution in [-0.4, -0.2) is 24.0 Å². The van der Waals surface area contributed by atoms with Crippen molar-refractivity contribution in [2.75, 3.05) is 6.54 Å². The maximum absolute atomic E-state index is 12.2. The van der Waals surface area contributed by atoms with Crippen molar-refractivity contribution in [3.05, 3.63) is 29.8 Å². The highest BCUT2D eigenvalue weighted by molar-refractivity contribution is 5.76. The van der Waals surface area contributed by atoms with Gasteiger partial charge in [-0.3, -0.25) is 4.79 Å². The summed E-state index contributed by atoms with van der Waals surface area (Å²) in [6, 6.07) is 3.96. The monoisotopic (exact) mass is 277 g/mol. The molecular weight excluding hydrogens is 263 g/mol. The van der Waals surface area contributed by atoms with Gasteiger partial charge in [-0.1, -0.05) is 25.1 Å². The zero-order chi connectivity index (χ0) is 14.5. The van der Waals surface area contributed by atoms with E-state index in [4.69, 9.17) is 5.11 Å². The summed E-state index contributed by atoms with van der Waals surface area (Å²) in [5, 5.41) is 11.7. The Labute approximate surface area is 108 Å². The lowest BCUT2D eigenvalue weighted by molar-refractivity contribution is -0.275. The Hall–Kier alpha value is -1.76. The van der Waals surface area contributed by atoms with Gasteiger partial charge in [0.1, 0.15) is 11.8 Å². The molecule has 0 saturated carbocycles. The first-order chi connectivity index (χ1) is 8.85. The molecule has 1 aromatic carbocycles. The fourth-order valence-corrected chi connectivity index (χ4v) is 1.56. The summed E-state index contributed by atoms with van der Waals surface area (Å²) in [4.78, 5) is 11.1. The average molecular weight is 277 g/mol. The van der Waals surface area contributed by atoms with Crippen LogP contribution in [0.3, 0.4) is 0 Å². The Morgan fingerprint density at radius 2 is 2.05 bits per heavy atom. The fraction of sp³-hybridized carbons (Fsp3) is 0.417. The molecular formula is C12H14F3NO3. The van der Waals surface area contributed by atoms with E-state index in [2.05, 4.69) is 10.1 Å². The van der Waals surface area contributed by atoms with Crippen LogP contribution in [-0.2, 0) is 4.79 Å². The van der Waals surface area contributed by atoms with Crippen LogP contribution in [0.25, 0.3) is 0 Å². The number of ether oxygens (including phenoxy) is 1. The number of aliphatic carboxylic acids is 1. The van der Waals surface area contributed by atoms with E-state index >= 15 is 0 Å². The largest absolute Gasteiger partial charge is 0.573 e. The third-order valence-electron chi connectivity index (χ3n) is 2.30. The van der Waals surface area contributed by atoms with Crippen molar-refractivity contribution in [2.24, 2.45) is 0 Å². The number of nitrogens with one attached hydrogen (secondary N) is 1. The molecule has 0 fully saturated rings. The van der Waals surface area contributed by atoms with Crippen molar-refractivity contribution in [2.45, 2.75) is 25.7 Å². The van der Waals surface area contributed by atoms with Crippen molar-refractivity contribution in [1.29, 1.82) is 0 Å². The summed E-state index contributed by atoms with van der Waals surface area (Å²) >= 11 is 0. The number of carboxylic acid groups (broad SMARTS) is 1. The molecule has 0 bridgehead atoms. The smallest absolute Gasteiger partial charge is 0.480 e. The number of alkyl halides is 3. The van der Waals surface area contributed by atoms with Crippen LogP contribution in [0.5, 0.6) is 5.75 Å². The van der Waals surface area contributed by atoms with Gasteiger partial charge in [0.05, 0.1) is 0 Å². The molecule has 106 valence electrons. The molecule has 4 nitrogen and oxygen atoms in total. The Morgan fingerprint density at radius 3 is 2.58 bits per heavy atom. The van der Waals surface area contributed by atoms with E-state index in [0.717, 1.165) is 6.07 Å². The van der Waals surface area contributed by atoms with Gasteiger partial charge in [0, 0.05) is 5.56 Å². The molecule has 0 aliphatic rings. The minimum atomic E-state index is -4.86. The van der Waals surface area contributed by atoms with Gasteiger partial charge >= 0.3 is 12.3 Å². The summed E-state index contributed by atoms with van der Waals surface area (Å²) in [5.41, 5.74) is -0.0548. The number of carbonyl (C=O) groups is 1. The third-order valence-corrected chi connectivity index (χ3v) is 2.30. The van der Waals surface area contributed by atoms with E-state index in [9.17, 15) is 18.0 Å². The molecule has 1 unspecified atom stereocenters. The molecule has 0 radical (unpaired) electrons. The first kappa shape index (κ1) is 15.3. The number of hydrogen-bond acceptors (Lipinski definition) is 3. The molecule has 19 heavy (non-hydrogen) atoms. The summed E-state index contributed by atoms with van der Waals surface area (Å²) in [7, 11) is 0. The van der Waals surface area contributed by atoms with Gasteiger partial charge in [-0.05, 0) is 19.0 Å². The van der Waals surface area contributed by atoms with Gasteiger partial charge in [0.25, 0.3) is 0 Å². The summed E-state index contributed by atoms with van der Waals surface area (Å²) < 4.78 is 40.6. The van der Waals surface area contributed by atoms with E-state index in [-0.39, 0.29) is 5.56 Å². The molecule has 7 heteroatoms. The maximum atomic E-state index is 12.2. The van der Waals surface area contributed by atoms with Gasteiger partial charge < -0.3 is 15.2 Å². The number of rotatable bonds is 6. The Bertz CT molecular complexity index is 434. The lowest BCUT2D eigenvalue weighted by Crippen LogP contribution is -2.30. The molecule has 0 spiro atoms. The van der Waals surface area contributed by atoms with E-state index in [1.54, 1.807) is 0 Å². The van der Waals surface area contributed by atoms with Gasteiger partial charge in [0.15, 0.2) is 0 Å². The van der Waals surface area contributed by atoms with Crippen LogP contribution in [0, 0.1) is 0 Å². The minimum absolute atomic E-state index is 0.0548. The standard InChI is InChI=1S/C12H14F3NO3/c1-2-7-16-10(11(17)18)8-5-3-4-6-9(8)19-12(13,14)15/h3-6,10,16H,2,7H2,1H3,(H,17,18). The molecule has 1 atom stereocenters. The number of benzene rings is 1. The van der Waals surface area contributed by atoms with Crippen molar-refractivity contribution in [3.8, 4) is 5.75 Å². The Kier molecular flexibility index (Phi) is 5.17. The van der Waals surface area contributed by atoms with Crippen LogP contribution in [0.15, 0.2) is 24.3 Å². The molecule has 1 rings (SSSR count). The predicted octanol–water partition coefficient (Wildman–Crippen LogP) is 2.71. The summed E-state index contributed by atoms with van der Waals surface area (Å²) in [5.74, 6) is -1.77. The van der Waals surface area contributed by atoms with Gasteiger partial charge in [-0.15, -0.1) is 13.2 Å². The molecule has 0 aliphatic carbocycles. The zero-order valence-corrected chi connectivity index (χ0v) is 10.2. The van der Waals surface area contributed by atoms with E-state index in [0.29, 0.717) is 13.0 Å². The predicted molar refractivity (Wildman–Crippen MR) is 61.8 cm³/mol. The van der Waals surface area contributed by atoms with Crippen molar-refractivity contribution in [1.82, 2.24) is 5.32 Å². The second-order valence-electron chi connectivity index (χ2n) is 3.81. The second kappa shape index (κ2) is 6.42. The molecule has 0 heterocycles. The molecule has 2 N–H and O–H groups in total. The first-order valence-corrected chi connectivity index (χ1v) is 5.66. The molecule has 1 aromatic rings. The summed E-state index contributed by atoms with van der Waals surface area (Å²) in [6.45, 7) is 2.20. The third kappa shape index (κ3) is 4.78. The summed E-state index contributed by atoms with van der Waals surface area (Å²) in [6.07, 6.45) is -4.20. The number of hydrogen-bond donors (Lipinski definition) is 2. The molecule has 0 aromatic heterocycles. The lowest BCUT2D eigenvalue weighted by atomic mass is 10.1. The quantitative estimate of drug-likeness (QED) is 0.839. The normalized spacial score (nSPS) is 13.1. The van der Waals surface area contributed by atoms with E-state index in [1.807, 2.05) is 6.92 Å². The van der Waals surface area contributed by atoms with Crippen LogP contribution in [0.1, 0.15) is 24.9 Å². The van der Waals surface area contributed by atoms with Gasteiger partial charge in [-0.2, -0.15) is 0 Å². The van der Waals surface area contributed by atoms with Crippen molar-refractivity contribution in [3.63, 3.8) is 0 Å². The van der Waals surface area contributed by atoms with Gasteiger partial charge in [-0.25, -0.2) is 0 Å². The van der Waals surface area contributed by atoms with Crippen molar-refractivity contribution >= 4 is 5.97 Å². The highest BCUT2D eigenvalue weighted by Crippen LogP contribution is 2.30. The Balaban J connectivity index is 3.05. The molecule has 0 saturated heterocycles. The van der Waals surface area contributed by atoms with E-state index < -0.39 is 24.1 Å². The topological polar surface area (TPSA) is 58.6 Å². The van der Waals surface area contributed by atoms with Crippen molar-refractivity contribution < 1.29 is 27.8 Å². The number of carboxylic acids is 1. The molecule has 0 amide bonds. The highest BCUT2D eigenvalue weighted by atomic mass is 19.4. The van der Waals surface area contributed by atoms with Crippen LogP contribution < -0.4 is 10.1 Å². The first-order valence-electron chi connectivity index (χ1n) is 5.66. The highest BCUT2D eigenvalue weighted by Gasteiger charge is 2.33. The SMILES string of the molecule is CCCNC(C(=O)O)c1ccccc1OC(F)(F)F. The van der Waals surface area contributed by atoms with Crippen LogP contribution in [0.4, 0.5) is 13.2 Å². The number of halogens is 3. The van der Waals surface area contributed by atoms with Crippen LogP contribution >= 0.6 is 0 Å². The minimum Gasteiger partial charge on any atom is -0.480 e. The lowest BCUT2D eigenvalue weighted by Gasteiger charge is -2.19. The average Bonchev–Trinajstić information content (AvgIpc) is 2.29. The maximum Gasteiger partial charge on any atom is 0.573 e. The van der Waals surface area contributed by atoms with Gasteiger partial charge in [0.2, 0.25) is 0 Å². The van der Waals surface area contributed by atoms with Crippen LogP contribution in [0.2, 0.25) is 0 Å². The fourth-order valence-electron chi connectivity index (χ4n) is 1.56. The Morgan fingerprint density at radius 1 is 1.42 bits per heavy atom. The van der Waals surface area contributed by atoms with E-state index in [1.165, 1.54) is 18.2 Å². The molecule has 0 aliphatic heterocycles. The number of para-hydroxylation sites is 1.